The van der Waals surface area contributed by atoms with E-state index in [0.29, 0.717) is 24.4 Å². The van der Waals surface area contributed by atoms with Crippen molar-refractivity contribution in [3.63, 3.8) is 0 Å². The Morgan fingerprint density at radius 2 is 1.87 bits per heavy atom. The van der Waals surface area contributed by atoms with E-state index in [9.17, 15) is 22.4 Å². The first-order chi connectivity index (χ1) is 14.2. The standard InChI is InChI=1S/C21H29FN2O6S/c1-20(2,3)30-19(26)24-10-21(4,11-24)12-29-17-9-16(22)15(8-14(17)13-6-7-13)18(25)23-31(5,27)28/h8-9,13H,6-7,10-12H2,1-5H3,(H,23,25). The van der Waals surface area contributed by atoms with Gasteiger partial charge in [-0.25, -0.2) is 22.3 Å². The zero-order valence-electron chi connectivity index (χ0n) is 18.5. The molecule has 0 atom stereocenters. The summed E-state index contributed by atoms with van der Waals surface area (Å²) >= 11 is 0. The molecular formula is C21H29FN2O6S. The summed E-state index contributed by atoms with van der Waals surface area (Å²) in [5.74, 6) is -1.37. The van der Waals surface area contributed by atoms with Crippen LogP contribution in [-0.2, 0) is 14.8 Å². The number of nitrogens with one attached hydrogen (secondary N) is 1. The first-order valence-electron chi connectivity index (χ1n) is 10.1. The molecule has 10 heteroatoms. The van der Waals surface area contributed by atoms with Crippen molar-refractivity contribution < 1.29 is 31.9 Å². The van der Waals surface area contributed by atoms with Crippen molar-refractivity contribution in [2.75, 3.05) is 26.0 Å². The summed E-state index contributed by atoms with van der Waals surface area (Å²) in [6.45, 7) is 8.56. The molecule has 2 fully saturated rings. The molecule has 172 valence electrons. The molecule has 8 nitrogen and oxygen atoms in total. The Morgan fingerprint density at radius 3 is 2.39 bits per heavy atom. The van der Waals surface area contributed by atoms with Gasteiger partial charge in [0.05, 0.1) is 18.4 Å². The second kappa shape index (κ2) is 7.96. The number of halogens is 1. The Labute approximate surface area is 182 Å². The maximum atomic E-state index is 14.6. The first kappa shape index (κ1) is 23.3. The van der Waals surface area contributed by atoms with Crippen molar-refractivity contribution in [1.82, 2.24) is 9.62 Å². The van der Waals surface area contributed by atoms with Gasteiger partial charge in [-0.3, -0.25) is 4.79 Å². The van der Waals surface area contributed by atoms with Gasteiger partial charge in [-0.2, -0.15) is 0 Å². The molecule has 1 saturated heterocycles. The van der Waals surface area contributed by atoms with Gasteiger partial charge < -0.3 is 14.4 Å². The Bertz CT molecular complexity index is 992. The van der Waals surface area contributed by atoms with E-state index in [4.69, 9.17) is 9.47 Å². The van der Waals surface area contributed by atoms with Crippen LogP contribution in [0.5, 0.6) is 5.75 Å². The lowest BCUT2D eigenvalue weighted by molar-refractivity contribution is -0.0429. The predicted molar refractivity (Wildman–Crippen MR) is 112 cm³/mol. The van der Waals surface area contributed by atoms with Gasteiger partial charge in [0.25, 0.3) is 5.91 Å². The van der Waals surface area contributed by atoms with Gasteiger partial charge in [0, 0.05) is 24.6 Å². The maximum Gasteiger partial charge on any atom is 0.410 e. The highest BCUT2D eigenvalue weighted by molar-refractivity contribution is 7.89. The van der Waals surface area contributed by atoms with Crippen LogP contribution in [0, 0.1) is 11.2 Å². The Balaban J connectivity index is 1.68. The fraction of sp³-hybridized carbons (Fsp3) is 0.619. The average molecular weight is 457 g/mol. The number of hydrogen-bond donors (Lipinski definition) is 1. The van der Waals surface area contributed by atoms with Crippen molar-refractivity contribution in [3.8, 4) is 5.75 Å². The molecule has 3 rings (SSSR count). The van der Waals surface area contributed by atoms with Crippen LogP contribution in [0.2, 0.25) is 0 Å². The van der Waals surface area contributed by atoms with Gasteiger partial charge in [0.15, 0.2) is 0 Å². The maximum absolute atomic E-state index is 14.6. The normalized spacial score (nSPS) is 18.2. The highest BCUT2D eigenvalue weighted by Gasteiger charge is 2.44. The van der Waals surface area contributed by atoms with Gasteiger partial charge >= 0.3 is 6.09 Å². The zero-order chi connectivity index (χ0) is 23.2. The minimum atomic E-state index is -3.80. The lowest BCUT2D eigenvalue weighted by atomic mass is 9.83. The lowest BCUT2D eigenvalue weighted by Gasteiger charge is -2.47. The van der Waals surface area contributed by atoms with Gasteiger partial charge in [-0.05, 0) is 51.2 Å². The molecule has 1 aliphatic carbocycles. The number of benzene rings is 1. The van der Waals surface area contributed by atoms with E-state index >= 15 is 0 Å². The fourth-order valence-corrected chi connectivity index (χ4v) is 3.93. The third kappa shape index (κ3) is 6.09. The average Bonchev–Trinajstić information content (AvgIpc) is 3.39. The molecule has 0 spiro atoms. The summed E-state index contributed by atoms with van der Waals surface area (Å²) in [5, 5.41) is 0. The van der Waals surface area contributed by atoms with Crippen LogP contribution in [0.1, 0.15) is 62.4 Å². The molecular weight excluding hydrogens is 427 g/mol. The number of rotatable bonds is 6. The number of carbonyl (C=O) groups is 2. The van der Waals surface area contributed by atoms with Crippen molar-refractivity contribution in [1.29, 1.82) is 0 Å². The molecule has 0 radical (unpaired) electrons. The van der Waals surface area contributed by atoms with Crippen molar-refractivity contribution in [3.05, 3.63) is 29.1 Å². The molecule has 2 amide bonds. The molecule has 2 aliphatic rings. The van der Waals surface area contributed by atoms with Crippen LogP contribution in [0.25, 0.3) is 0 Å². The summed E-state index contributed by atoms with van der Waals surface area (Å²) in [5.41, 5.74) is -0.514. The number of amides is 2. The smallest absolute Gasteiger partial charge is 0.410 e. The Kier molecular flexibility index (Phi) is 5.98. The monoisotopic (exact) mass is 456 g/mol. The van der Waals surface area contributed by atoms with E-state index in [1.54, 1.807) is 30.4 Å². The van der Waals surface area contributed by atoms with Crippen LogP contribution in [-0.4, -0.2) is 56.9 Å². The third-order valence-electron chi connectivity index (χ3n) is 5.01. The molecule has 31 heavy (non-hydrogen) atoms. The van der Waals surface area contributed by atoms with Crippen LogP contribution in [0.15, 0.2) is 12.1 Å². The summed E-state index contributed by atoms with van der Waals surface area (Å²) in [6, 6.07) is 2.51. The minimum Gasteiger partial charge on any atom is -0.492 e. The Morgan fingerprint density at radius 1 is 1.26 bits per heavy atom. The highest BCUT2D eigenvalue weighted by Crippen LogP contribution is 2.45. The molecule has 0 bridgehead atoms. The minimum absolute atomic E-state index is 0.146. The van der Waals surface area contributed by atoms with E-state index in [-0.39, 0.29) is 29.6 Å². The fourth-order valence-electron chi connectivity index (χ4n) is 3.48. The summed E-state index contributed by atoms with van der Waals surface area (Å²) in [6.07, 6.45) is 2.23. The van der Waals surface area contributed by atoms with E-state index in [1.165, 1.54) is 6.07 Å². The Hall–Kier alpha value is -2.36. The van der Waals surface area contributed by atoms with Crippen LogP contribution < -0.4 is 9.46 Å². The van der Waals surface area contributed by atoms with Crippen LogP contribution in [0.4, 0.5) is 9.18 Å². The molecule has 1 aliphatic heterocycles. The van der Waals surface area contributed by atoms with E-state index in [1.807, 2.05) is 6.92 Å². The predicted octanol–water partition coefficient (Wildman–Crippen LogP) is 3.03. The second-order valence-electron chi connectivity index (χ2n) is 9.78. The molecule has 0 aromatic heterocycles. The largest absolute Gasteiger partial charge is 0.492 e. The summed E-state index contributed by atoms with van der Waals surface area (Å²) < 4.78 is 50.3. The van der Waals surface area contributed by atoms with Gasteiger partial charge in [-0.15, -0.1) is 0 Å². The second-order valence-corrected chi connectivity index (χ2v) is 11.5. The number of sulfonamides is 1. The third-order valence-corrected chi connectivity index (χ3v) is 5.57. The number of carbonyl (C=O) groups excluding carboxylic acids is 2. The van der Waals surface area contributed by atoms with Crippen LogP contribution >= 0.6 is 0 Å². The topological polar surface area (TPSA) is 102 Å². The number of hydrogen-bond acceptors (Lipinski definition) is 6. The van der Waals surface area contributed by atoms with Gasteiger partial charge in [0.1, 0.15) is 17.2 Å². The van der Waals surface area contributed by atoms with E-state index < -0.39 is 27.3 Å². The van der Waals surface area contributed by atoms with Crippen LogP contribution in [0.3, 0.4) is 0 Å². The number of ether oxygens (including phenoxy) is 2. The van der Waals surface area contributed by atoms with Crippen molar-refractivity contribution in [2.45, 2.75) is 52.1 Å². The highest BCUT2D eigenvalue weighted by atomic mass is 32.2. The summed E-state index contributed by atoms with van der Waals surface area (Å²) in [7, 11) is -3.80. The lowest BCUT2D eigenvalue weighted by Crippen LogP contribution is -2.60. The van der Waals surface area contributed by atoms with Gasteiger partial charge in [-0.1, -0.05) is 6.92 Å². The molecule has 1 aromatic rings. The van der Waals surface area contributed by atoms with E-state index in [0.717, 1.165) is 25.2 Å². The van der Waals surface area contributed by atoms with Crippen molar-refractivity contribution >= 4 is 22.0 Å². The molecule has 1 heterocycles. The number of likely N-dealkylation sites (tertiary alicyclic amines) is 1. The zero-order valence-corrected chi connectivity index (χ0v) is 19.3. The molecule has 1 N–H and O–H groups in total. The van der Waals surface area contributed by atoms with E-state index in [2.05, 4.69) is 0 Å². The molecule has 0 unspecified atom stereocenters. The summed E-state index contributed by atoms with van der Waals surface area (Å²) in [4.78, 5) is 25.9. The molecule has 1 aromatic carbocycles. The molecule has 1 saturated carbocycles. The SMILES string of the molecule is CC1(COc2cc(F)c(C(=O)NS(C)(=O)=O)cc2C2CC2)CN(C(=O)OC(C)(C)C)C1. The van der Waals surface area contributed by atoms with Gasteiger partial charge in [0.2, 0.25) is 10.0 Å². The number of nitrogens with zero attached hydrogens (tertiary/aromatic N) is 1. The first-order valence-corrected chi connectivity index (χ1v) is 12.0. The van der Waals surface area contributed by atoms with Crippen molar-refractivity contribution in [2.24, 2.45) is 5.41 Å². The quantitative estimate of drug-likeness (QED) is 0.706.